The Balaban J connectivity index is 1.53. The molecule has 286 valence electrons. The topological polar surface area (TPSA) is 158 Å². The summed E-state index contributed by atoms with van der Waals surface area (Å²) in [5, 5.41) is 15.1. The number of alkyl carbamates (subject to hydrolysis) is 1. The van der Waals surface area contributed by atoms with Crippen molar-refractivity contribution in [3.8, 4) is 0 Å². The third-order valence-corrected chi connectivity index (χ3v) is 11.9. The van der Waals surface area contributed by atoms with E-state index >= 15 is 0 Å². The van der Waals surface area contributed by atoms with Crippen LogP contribution in [0.4, 0.5) is 4.79 Å². The van der Waals surface area contributed by atoms with Gasteiger partial charge in [0, 0.05) is 19.6 Å². The van der Waals surface area contributed by atoms with Gasteiger partial charge in [-0.2, -0.15) is 0 Å². The van der Waals surface area contributed by atoms with Gasteiger partial charge in [-0.1, -0.05) is 86.8 Å². The second-order valence-corrected chi connectivity index (χ2v) is 17.4. The van der Waals surface area contributed by atoms with Crippen LogP contribution in [0, 0.1) is 34.0 Å². The first-order valence-corrected chi connectivity index (χ1v) is 19.1. The number of nitrogens with one attached hydrogen (secondary N) is 5. The molecule has 4 rings (SSSR count). The van der Waals surface area contributed by atoms with Crippen LogP contribution in [-0.4, -0.2) is 84.9 Å². The Hall–Kier alpha value is -3.57. The highest BCUT2D eigenvalue weighted by atomic mass is 16.5. The number of likely N-dealkylation sites (tertiary alicyclic amines) is 1. The Morgan fingerprint density at radius 3 is 2.24 bits per heavy atom. The molecule has 4 aliphatic rings. The molecule has 1 heterocycles. The Morgan fingerprint density at radius 2 is 1.65 bits per heavy atom. The maximum absolute atomic E-state index is 14.9. The van der Waals surface area contributed by atoms with Crippen molar-refractivity contribution in [3.05, 3.63) is 25.1 Å². The normalized spacial score (nSPS) is 24.8. The molecule has 0 bridgehead atoms. The number of carbonyl (C=O) groups is 5. The number of fused-ring (bicyclic) bond motifs is 1. The van der Waals surface area contributed by atoms with Gasteiger partial charge in [-0.3, -0.25) is 19.2 Å². The van der Waals surface area contributed by atoms with Crippen LogP contribution < -0.4 is 26.6 Å². The van der Waals surface area contributed by atoms with Crippen molar-refractivity contribution in [2.75, 3.05) is 26.2 Å². The molecule has 1 saturated heterocycles. The smallest absolute Gasteiger partial charge is 0.407 e. The summed E-state index contributed by atoms with van der Waals surface area (Å²) in [5.41, 5.74) is -0.850. The average molecular weight is 713 g/mol. The number of rotatable bonds is 18. The summed E-state index contributed by atoms with van der Waals surface area (Å²) in [5.74, 6) is -0.978. The van der Waals surface area contributed by atoms with Crippen molar-refractivity contribution in [3.63, 3.8) is 0 Å². The van der Waals surface area contributed by atoms with E-state index in [0.29, 0.717) is 37.7 Å². The van der Waals surface area contributed by atoms with Crippen LogP contribution >= 0.6 is 0 Å². The fourth-order valence-electron chi connectivity index (χ4n) is 8.08. The van der Waals surface area contributed by atoms with E-state index in [-0.39, 0.29) is 47.8 Å². The highest BCUT2D eigenvalue weighted by Gasteiger charge is 2.70. The van der Waals surface area contributed by atoms with Gasteiger partial charge in [0.1, 0.15) is 18.7 Å². The summed E-state index contributed by atoms with van der Waals surface area (Å²) >= 11 is 0. The minimum atomic E-state index is -0.994. The molecule has 12 heteroatoms. The second kappa shape index (κ2) is 16.4. The third-order valence-electron chi connectivity index (χ3n) is 11.9. The Morgan fingerprint density at radius 1 is 0.980 bits per heavy atom. The molecular formula is C39H64N6O6. The van der Waals surface area contributed by atoms with Gasteiger partial charge in [0.15, 0.2) is 0 Å². The fourth-order valence-corrected chi connectivity index (χ4v) is 8.08. The van der Waals surface area contributed by atoms with E-state index in [1.807, 2.05) is 6.92 Å². The molecule has 0 aromatic rings. The number of piperidine rings is 1. The molecule has 0 spiro atoms. The predicted molar refractivity (Wildman–Crippen MR) is 197 cm³/mol. The third kappa shape index (κ3) is 9.86. The van der Waals surface area contributed by atoms with Gasteiger partial charge in [0.25, 0.3) is 5.91 Å². The molecule has 5 unspecified atom stereocenters. The summed E-state index contributed by atoms with van der Waals surface area (Å²) < 4.78 is 5.60. The summed E-state index contributed by atoms with van der Waals surface area (Å²) in [7, 11) is 0. The minimum Gasteiger partial charge on any atom is -0.447 e. The highest BCUT2D eigenvalue weighted by Crippen LogP contribution is 2.65. The van der Waals surface area contributed by atoms with Crippen molar-refractivity contribution < 1.29 is 28.7 Å². The van der Waals surface area contributed by atoms with Crippen LogP contribution in [0.5, 0.6) is 0 Å². The first kappa shape index (κ1) is 40.2. The maximum atomic E-state index is 14.9. The quantitative estimate of drug-likeness (QED) is 0.105. The van der Waals surface area contributed by atoms with Gasteiger partial charge in [0.2, 0.25) is 17.6 Å². The number of amides is 4. The van der Waals surface area contributed by atoms with Crippen molar-refractivity contribution >= 4 is 29.6 Å². The van der Waals surface area contributed by atoms with E-state index in [1.165, 1.54) is 6.08 Å². The van der Waals surface area contributed by atoms with E-state index in [0.717, 1.165) is 44.9 Å². The molecule has 12 nitrogen and oxygen atoms in total. The van der Waals surface area contributed by atoms with Gasteiger partial charge >= 0.3 is 6.09 Å². The van der Waals surface area contributed by atoms with Crippen molar-refractivity contribution in [2.24, 2.45) is 34.0 Å². The SMILES string of the molecule is C=CCNC(=O)C(=O)C(CCC)NC(=O)C1C2[C@H](CN1C(=O)C(NC(=C)NC(COC(=O)NCC1CC1)C(C)(C)C)C1(C)CCCCC1)C2(C)C. The monoisotopic (exact) mass is 712 g/mol. The summed E-state index contributed by atoms with van der Waals surface area (Å²) in [6.07, 6.45) is 8.96. The number of hydrogen-bond donors (Lipinski definition) is 5. The summed E-state index contributed by atoms with van der Waals surface area (Å²) in [6, 6.07) is -2.74. The Labute approximate surface area is 305 Å². The van der Waals surface area contributed by atoms with Gasteiger partial charge in [-0.05, 0) is 66.1 Å². The number of ether oxygens (including phenoxy) is 1. The zero-order valence-electron chi connectivity index (χ0n) is 32.1. The van der Waals surface area contributed by atoms with Crippen LogP contribution in [0.15, 0.2) is 25.1 Å². The number of hydrogen-bond acceptors (Lipinski definition) is 8. The molecular weight excluding hydrogens is 648 g/mol. The van der Waals surface area contributed by atoms with Gasteiger partial charge < -0.3 is 36.2 Å². The lowest BCUT2D eigenvalue weighted by Gasteiger charge is -2.44. The molecule has 6 atom stereocenters. The van der Waals surface area contributed by atoms with E-state index < -0.39 is 47.2 Å². The molecule has 0 aromatic heterocycles. The number of carbonyl (C=O) groups excluding carboxylic acids is 5. The second-order valence-electron chi connectivity index (χ2n) is 17.4. The van der Waals surface area contributed by atoms with Crippen LogP contribution in [0.2, 0.25) is 0 Å². The number of Topliss-reactive ketones (excluding diaryl/α,β-unsaturated/α-hetero) is 1. The molecule has 51 heavy (non-hydrogen) atoms. The van der Waals surface area contributed by atoms with Crippen molar-refractivity contribution in [1.82, 2.24) is 31.5 Å². The largest absolute Gasteiger partial charge is 0.447 e. The maximum Gasteiger partial charge on any atom is 0.407 e. The van der Waals surface area contributed by atoms with Gasteiger partial charge in [-0.15, -0.1) is 6.58 Å². The lowest BCUT2D eigenvalue weighted by molar-refractivity contribution is -0.146. The summed E-state index contributed by atoms with van der Waals surface area (Å²) in [6.45, 7) is 23.6. The average Bonchev–Trinajstić information content (AvgIpc) is 3.94. The Bertz CT molecular complexity index is 1330. The molecule has 0 radical (unpaired) electrons. The van der Waals surface area contributed by atoms with Crippen molar-refractivity contribution in [2.45, 2.75) is 130 Å². The molecule has 3 aliphatic carbocycles. The van der Waals surface area contributed by atoms with Crippen LogP contribution in [0.1, 0.15) is 106 Å². The standard InChI is InChI=1S/C39H64N6O6/c1-10-15-27(31(46)34(48)40-20-11-2)44-33(47)30-29-26(38(29,7)8)22-45(30)35(49)32(39(9)18-13-12-14-19-39)43-24(3)42-28(37(4,5)6)23-51-36(50)41-21-25-16-17-25/h11,25-30,32,42-43H,2-3,10,12-23H2,1,4-9H3,(H,40,48)(H,41,50)(H,44,47)/t26-,27?,28?,29?,30?,32?/m0/s1. The zero-order chi connectivity index (χ0) is 37.7. The Kier molecular flexibility index (Phi) is 12.9. The van der Waals surface area contributed by atoms with Crippen molar-refractivity contribution in [1.29, 1.82) is 0 Å². The zero-order valence-corrected chi connectivity index (χ0v) is 32.1. The number of nitrogens with zero attached hydrogens (tertiary/aromatic N) is 1. The lowest BCUT2D eigenvalue weighted by Crippen LogP contribution is -2.61. The highest BCUT2D eigenvalue weighted by molar-refractivity contribution is 6.38. The first-order chi connectivity index (χ1) is 23.9. The lowest BCUT2D eigenvalue weighted by atomic mass is 9.70. The minimum absolute atomic E-state index is 0.0666. The van der Waals surface area contributed by atoms with Crippen LogP contribution in [-0.2, 0) is 23.9 Å². The first-order valence-electron chi connectivity index (χ1n) is 19.1. The van der Waals surface area contributed by atoms with Crippen LogP contribution in [0.3, 0.4) is 0 Å². The van der Waals surface area contributed by atoms with Gasteiger partial charge in [0.05, 0.1) is 17.9 Å². The van der Waals surface area contributed by atoms with E-state index in [2.05, 4.69) is 81.3 Å². The summed E-state index contributed by atoms with van der Waals surface area (Å²) in [4.78, 5) is 68.8. The molecule has 3 saturated carbocycles. The van der Waals surface area contributed by atoms with Gasteiger partial charge in [-0.25, -0.2) is 4.79 Å². The molecule has 4 fully saturated rings. The predicted octanol–water partition coefficient (Wildman–Crippen LogP) is 4.17. The fraction of sp³-hybridized carbons (Fsp3) is 0.769. The molecule has 4 amide bonds. The number of ketones is 1. The van der Waals surface area contributed by atoms with E-state index in [4.69, 9.17) is 4.74 Å². The molecule has 1 aliphatic heterocycles. The molecule has 0 aromatic carbocycles. The van der Waals surface area contributed by atoms with E-state index in [9.17, 15) is 24.0 Å². The van der Waals surface area contributed by atoms with E-state index in [1.54, 1.807) is 4.90 Å². The van der Waals surface area contributed by atoms with Crippen LogP contribution in [0.25, 0.3) is 0 Å². The molecule has 5 N–H and O–H groups in total.